The second-order valence-corrected chi connectivity index (χ2v) is 6.05. The van der Waals surface area contributed by atoms with Crippen LogP contribution in [0.3, 0.4) is 0 Å². The van der Waals surface area contributed by atoms with Gasteiger partial charge >= 0.3 is 5.97 Å². The predicted molar refractivity (Wildman–Crippen MR) is 91.6 cm³/mol. The Bertz CT molecular complexity index is 871. The van der Waals surface area contributed by atoms with Crippen molar-refractivity contribution in [3.05, 3.63) is 58.0 Å². The first-order chi connectivity index (χ1) is 12.0. The molecule has 2 aromatic rings. The number of methoxy groups -OCH3 is 1. The summed E-state index contributed by atoms with van der Waals surface area (Å²) < 4.78 is 5.86. The minimum atomic E-state index is -0.770. The highest BCUT2D eigenvalue weighted by molar-refractivity contribution is 5.96. The molecule has 1 aliphatic rings. The van der Waals surface area contributed by atoms with Crippen molar-refractivity contribution in [1.82, 2.24) is 9.78 Å². The predicted octanol–water partition coefficient (Wildman–Crippen LogP) is 2.11. The topological polar surface area (TPSA) is 90.3 Å². The third kappa shape index (κ3) is 3.76. The molecule has 1 amide bonds. The molecule has 25 heavy (non-hydrogen) atoms. The average Bonchev–Trinajstić information content (AvgIpc) is 3.46. The molecule has 1 atom stereocenters. The van der Waals surface area contributed by atoms with Crippen molar-refractivity contribution in [1.29, 1.82) is 0 Å². The Kier molecular flexibility index (Phi) is 4.65. The first-order valence-corrected chi connectivity index (χ1v) is 8.08. The highest BCUT2D eigenvalue weighted by Gasteiger charge is 2.27. The molecule has 0 radical (unpaired) electrons. The Hall–Kier alpha value is -2.96. The standard InChI is InChI=1S/C18H19N3O4/c1-11(21-16(22)9-8-15(20-21)12-6-7-12)17(23)19-14-5-3-4-13(10-14)18(24)25-2/h3-5,8-12H,6-7H2,1-2H3,(H,19,23). The van der Waals surface area contributed by atoms with E-state index in [1.807, 2.05) is 0 Å². The van der Waals surface area contributed by atoms with Gasteiger partial charge in [0.25, 0.3) is 5.56 Å². The zero-order valence-electron chi connectivity index (χ0n) is 14.1. The van der Waals surface area contributed by atoms with E-state index in [1.54, 1.807) is 31.2 Å². The fourth-order valence-corrected chi connectivity index (χ4v) is 2.51. The Morgan fingerprint density at radius 3 is 2.72 bits per heavy atom. The number of ether oxygens (including phenoxy) is 1. The summed E-state index contributed by atoms with van der Waals surface area (Å²) in [5.41, 5.74) is 1.30. The van der Waals surface area contributed by atoms with Crippen LogP contribution in [0.1, 0.15) is 47.8 Å². The second kappa shape index (κ2) is 6.88. The minimum Gasteiger partial charge on any atom is -0.465 e. The van der Waals surface area contributed by atoms with E-state index in [0.717, 1.165) is 18.5 Å². The molecule has 1 aromatic carbocycles. The molecule has 3 rings (SSSR count). The molecule has 1 fully saturated rings. The Morgan fingerprint density at radius 2 is 2.04 bits per heavy atom. The summed E-state index contributed by atoms with van der Waals surface area (Å²) in [4.78, 5) is 36.1. The van der Waals surface area contributed by atoms with Crippen LogP contribution in [-0.2, 0) is 9.53 Å². The van der Waals surface area contributed by atoms with E-state index >= 15 is 0 Å². The van der Waals surface area contributed by atoms with Crippen molar-refractivity contribution in [2.45, 2.75) is 31.7 Å². The molecule has 0 bridgehead atoms. The summed E-state index contributed by atoms with van der Waals surface area (Å²) in [5.74, 6) is -0.484. The van der Waals surface area contributed by atoms with Crippen molar-refractivity contribution < 1.29 is 14.3 Å². The Balaban J connectivity index is 1.78. The van der Waals surface area contributed by atoms with Gasteiger partial charge in [-0.1, -0.05) is 6.07 Å². The number of esters is 1. The molecule has 7 heteroatoms. The summed E-state index contributed by atoms with van der Waals surface area (Å²) in [6, 6.07) is 8.82. The molecule has 1 N–H and O–H groups in total. The second-order valence-electron chi connectivity index (χ2n) is 6.05. The van der Waals surface area contributed by atoms with Crippen LogP contribution < -0.4 is 10.9 Å². The lowest BCUT2D eigenvalue weighted by atomic mass is 10.2. The number of hydrogen-bond acceptors (Lipinski definition) is 5. The summed E-state index contributed by atoms with van der Waals surface area (Å²) in [7, 11) is 1.29. The molecular formula is C18H19N3O4. The number of rotatable bonds is 5. The van der Waals surface area contributed by atoms with E-state index in [0.29, 0.717) is 17.2 Å². The number of anilines is 1. The van der Waals surface area contributed by atoms with E-state index in [9.17, 15) is 14.4 Å². The van der Waals surface area contributed by atoms with E-state index in [-0.39, 0.29) is 11.5 Å². The monoisotopic (exact) mass is 341 g/mol. The third-order valence-corrected chi connectivity index (χ3v) is 4.14. The van der Waals surface area contributed by atoms with Crippen molar-refractivity contribution in [3.8, 4) is 0 Å². The zero-order valence-corrected chi connectivity index (χ0v) is 14.1. The van der Waals surface area contributed by atoms with Gasteiger partial charge in [-0.15, -0.1) is 0 Å². The molecule has 0 saturated heterocycles. The van der Waals surface area contributed by atoms with Gasteiger partial charge in [-0.3, -0.25) is 9.59 Å². The molecule has 1 saturated carbocycles. The van der Waals surface area contributed by atoms with Crippen LogP contribution in [0.25, 0.3) is 0 Å². The molecule has 130 valence electrons. The molecular weight excluding hydrogens is 322 g/mol. The molecule has 1 heterocycles. The fraction of sp³-hybridized carbons (Fsp3) is 0.333. The van der Waals surface area contributed by atoms with E-state index < -0.39 is 12.0 Å². The van der Waals surface area contributed by atoms with Gasteiger partial charge in [0.05, 0.1) is 18.4 Å². The van der Waals surface area contributed by atoms with Crippen LogP contribution in [0.4, 0.5) is 5.69 Å². The van der Waals surface area contributed by atoms with Crippen LogP contribution in [0.2, 0.25) is 0 Å². The number of aromatic nitrogens is 2. The van der Waals surface area contributed by atoms with Crippen molar-refractivity contribution in [2.75, 3.05) is 12.4 Å². The maximum atomic E-state index is 12.5. The van der Waals surface area contributed by atoms with Gasteiger partial charge in [0.1, 0.15) is 6.04 Å². The first kappa shape index (κ1) is 16.9. The van der Waals surface area contributed by atoms with Gasteiger partial charge in [0.2, 0.25) is 5.91 Å². The van der Waals surface area contributed by atoms with Crippen LogP contribution in [0.5, 0.6) is 0 Å². The molecule has 0 aliphatic heterocycles. The SMILES string of the molecule is COC(=O)c1cccc(NC(=O)C(C)n2nc(C3CC3)ccc2=O)c1. The van der Waals surface area contributed by atoms with Gasteiger partial charge in [-0.05, 0) is 44.0 Å². The minimum absolute atomic E-state index is 0.324. The van der Waals surface area contributed by atoms with E-state index in [4.69, 9.17) is 0 Å². The summed E-state index contributed by atoms with van der Waals surface area (Å²) in [5, 5.41) is 7.03. The summed E-state index contributed by atoms with van der Waals surface area (Å²) in [6.45, 7) is 1.62. The fourth-order valence-electron chi connectivity index (χ4n) is 2.51. The van der Waals surface area contributed by atoms with E-state index in [1.165, 1.54) is 23.9 Å². The van der Waals surface area contributed by atoms with Gasteiger partial charge in [0.15, 0.2) is 0 Å². The zero-order chi connectivity index (χ0) is 18.0. The number of carbonyl (C=O) groups is 2. The number of nitrogens with one attached hydrogen (secondary N) is 1. The van der Waals surface area contributed by atoms with Crippen molar-refractivity contribution >= 4 is 17.6 Å². The summed E-state index contributed by atoms with van der Waals surface area (Å²) >= 11 is 0. The lowest BCUT2D eigenvalue weighted by Crippen LogP contribution is -2.33. The number of benzene rings is 1. The largest absolute Gasteiger partial charge is 0.465 e. The van der Waals surface area contributed by atoms with Crippen LogP contribution in [0, 0.1) is 0 Å². The number of hydrogen-bond donors (Lipinski definition) is 1. The average molecular weight is 341 g/mol. The van der Waals surface area contributed by atoms with Crippen LogP contribution in [0.15, 0.2) is 41.2 Å². The smallest absolute Gasteiger partial charge is 0.337 e. The lowest BCUT2D eigenvalue weighted by molar-refractivity contribution is -0.119. The Morgan fingerprint density at radius 1 is 1.28 bits per heavy atom. The highest BCUT2D eigenvalue weighted by atomic mass is 16.5. The van der Waals surface area contributed by atoms with Gasteiger partial charge in [-0.25, -0.2) is 9.48 Å². The lowest BCUT2D eigenvalue weighted by Gasteiger charge is -2.15. The Labute approximate surface area is 144 Å². The van der Waals surface area contributed by atoms with Gasteiger partial charge < -0.3 is 10.1 Å². The van der Waals surface area contributed by atoms with Crippen LogP contribution in [-0.4, -0.2) is 28.8 Å². The number of nitrogens with zero attached hydrogens (tertiary/aromatic N) is 2. The normalized spacial score (nSPS) is 14.6. The molecule has 1 unspecified atom stereocenters. The third-order valence-electron chi connectivity index (χ3n) is 4.14. The number of carbonyl (C=O) groups excluding carboxylic acids is 2. The van der Waals surface area contributed by atoms with Gasteiger partial charge in [0, 0.05) is 17.7 Å². The highest BCUT2D eigenvalue weighted by Crippen LogP contribution is 2.38. The quantitative estimate of drug-likeness (QED) is 0.841. The number of amides is 1. The van der Waals surface area contributed by atoms with Crippen LogP contribution >= 0.6 is 0 Å². The van der Waals surface area contributed by atoms with Crippen molar-refractivity contribution in [2.24, 2.45) is 0 Å². The molecule has 1 aliphatic carbocycles. The maximum absolute atomic E-state index is 12.5. The molecule has 7 nitrogen and oxygen atoms in total. The molecule has 1 aromatic heterocycles. The van der Waals surface area contributed by atoms with E-state index in [2.05, 4.69) is 15.2 Å². The molecule has 0 spiro atoms. The van der Waals surface area contributed by atoms with Crippen molar-refractivity contribution in [3.63, 3.8) is 0 Å². The van der Waals surface area contributed by atoms with Gasteiger partial charge in [-0.2, -0.15) is 5.10 Å². The summed E-state index contributed by atoms with van der Waals surface area (Å²) in [6.07, 6.45) is 2.12. The first-order valence-electron chi connectivity index (χ1n) is 8.08. The maximum Gasteiger partial charge on any atom is 0.337 e.